The lowest BCUT2D eigenvalue weighted by molar-refractivity contribution is -0.148. The van der Waals surface area contributed by atoms with Gasteiger partial charge >= 0.3 is 12.1 Å². The Hall–Kier alpha value is -5.83. The predicted molar refractivity (Wildman–Crippen MR) is 227 cm³/mol. The van der Waals surface area contributed by atoms with Gasteiger partial charge in [-0.25, -0.2) is 4.79 Å². The summed E-state index contributed by atoms with van der Waals surface area (Å²) in [7, 11) is 2.62. The van der Waals surface area contributed by atoms with E-state index in [9.17, 15) is 24.0 Å². The first-order valence-corrected chi connectivity index (χ1v) is 20.5. The van der Waals surface area contributed by atoms with Gasteiger partial charge in [0.1, 0.15) is 11.8 Å². The molecule has 0 aliphatic carbocycles. The second-order valence-electron chi connectivity index (χ2n) is 16.5. The third-order valence-electron chi connectivity index (χ3n) is 12.0. The number of esters is 1. The average molecular weight is 802 g/mol. The van der Waals surface area contributed by atoms with E-state index in [2.05, 4.69) is 29.3 Å². The molecule has 0 spiro atoms. The largest absolute Gasteiger partial charge is 0.469 e. The first-order valence-electron chi connectivity index (χ1n) is 20.5. The summed E-state index contributed by atoms with van der Waals surface area (Å²) >= 11 is 0. The summed E-state index contributed by atoms with van der Waals surface area (Å²) in [5.41, 5.74) is 7.73. The smallest absolute Gasteiger partial charge is 0.407 e. The van der Waals surface area contributed by atoms with Gasteiger partial charge in [-0.15, -0.1) is 0 Å². The lowest BCUT2D eigenvalue weighted by Crippen LogP contribution is -2.53. The Morgan fingerprint density at radius 3 is 1.81 bits per heavy atom. The molecular formula is C47H55N5O7. The van der Waals surface area contributed by atoms with Gasteiger partial charge in [-0.1, -0.05) is 63.8 Å². The lowest BCUT2D eigenvalue weighted by Gasteiger charge is -2.31. The van der Waals surface area contributed by atoms with Crippen molar-refractivity contribution in [2.75, 3.05) is 27.3 Å². The number of nitrogens with zero attached hydrogens (tertiary/aromatic N) is 4. The molecule has 4 aliphatic heterocycles. The third-order valence-corrected chi connectivity index (χ3v) is 12.0. The van der Waals surface area contributed by atoms with Crippen molar-refractivity contribution in [1.82, 2.24) is 15.1 Å². The van der Waals surface area contributed by atoms with Crippen LogP contribution in [-0.2, 0) is 28.7 Å². The van der Waals surface area contributed by atoms with Gasteiger partial charge in [-0.05, 0) is 84.6 Å². The van der Waals surface area contributed by atoms with Gasteiger partial charge in [0, 0.05) is 66.8 Å². The summed E-state index contributed by atoms with van der Waals surface area (Å²) in [6.07, 6.45) is 6.61. The van der Waals surface area contributed by atoms with Crippen LogP contribution in [0, 0.1) is 35.5 Å². The topological polar surface area (TPSA) is 147 Å². The maximum Gasteiger partial charge on any atom is 0.407 e. The highest BCUT2D eigenvalue weighted by atomic mass is 16.5. The zero-order chi connectivity index (χ0) is 42.4. The Morgan fingerprint density at radius 1 is 0.763 bits per heavy atom. The Labute approximate surface area is 347 Å². The molecule has 0 aromatic heterocycles. The number of ether oxygens (including phenoxy) is 2. The number of likely N-dealkylation sites (tertiary alicyclic amines) is 2. The van der Waals surface area contributed by atoms with Crippen LogP contribution in [0.15, 0.2) is 70.9 Å². The first kappa shape index (κ1) is 42.8. The van der Waals surface area contributed by atoms with Crippen LogP contribution in [0.4, 0.5) is 4.79 Å². The minimum Gasteiger partial charge on any atom is -0.469 e. The SMILES string of the molecule is COC(=O)C[C@H](C(=O)N1CCC[C@H]1C1=NC=C(c2ccc(C#Cc3ccc(C4=CN=C([C@@H]5CC(C(C)=O)CN5C(=O)[C@@H](NC(=O)OC)C(C)C)C4)cc3)cc2)C1)C(C)C. The molecule has 0 saturated carbocycles. The monoisotopic (exact) mass is 801 g/mol. The van der Waals surface area contributed by atoms with Crippen LogP contribution < -0.4 is 5.32 Å². The molecule has 1 unspecified atom stereocenters. The fraction of sp³-hybridized carbons (Fsp3) is 0.468. The summed E-state index contributed by atoms with van der Waals surface area (Å²) < 4.78 is 9.63. The van der Waals surface area contributed by atoms with Crippen molar-refractivity contribution in [3.63, 3.8) is 0 Å². The van der Waals surface area contributed by atoms with E-state index in [0.29, 0.717) is 25.8 Å². The number of amides is 3. The van der Waals surface area contributed by atoms with Crippen LogP contribution in [0.3, 0.4) is 0 Å². The summed E-state index contributed by atoms with van der Waals surface area (Å²) in [6.45, 7) is 10.2. The molecule has 6 rings (SSSR count). The summed E-state index contributed by atoms with van der Waals surface area (Å²) in [5.74, 6) is 5.07. The number of ketones is 1. The van der Waals surface area contributed by atoms with Gasteiger partial charge in [-0.2, -0.15) is 0 Å². The zero-order valence-electron chi connectivity index (χ0n) is 35.1. The number of carbonyl (C=O) groups is 5. The van der Waals surface area contributed by atoms with E-state index in [1.807, 2.05) is 81.4 Å². The Morgan fingerprint density at radius 2 is 1.32 bits per heavy atom. The minimum atomic E-state index is -0.789. The Kier molecular flexibility index (Phi) is 13.7. The Bertz CT molecular complexity index is 2140. The number of Topliss-reactive ketones (excluding diaryl/α,β-unsaturated/α-hetero) is 1. The lowest BCUT2D eigenvalue weighted by atomic mass is 9.90. The number of aliphatic imine (C=N–C) groups is 2. The highest BCUT2D eigenvalue weighted by Gasteiger charge is 2.44. The van der Waals surface area contributed by atoms with Crippen molar-refractivity contribution < 1.29 is 33.4 Å². The van der Waals surface area contributed by atoms with Crippen molar-refractivity contribution in [3.05, 3.63) is 83.2 Å². The molecule has 12 nitrogen and oxygen atoms in total. The fourth-order valence-corrected chi connectivity index (χ4v) is 8.36. The molecular weight excluding hydrogens is 747 g/mol. The molecule has 2 fully saturated rings. The number of benzene rings is 2. The molecule has 310 valence electrons. The maximum atomic E-state index is 13.8. The van der Waals surface area contributed by atoms with E-state index in [1.54, 1.807) is 11.8 Å². The second kappa shape index (κ2) is 18.8. The first-order chi connectivity index (χ1) is 28.3. The van der Waals surface area contributed by atoms with Crippen molar-refractivity contribution in [2.45, 2.75) is 91.3 Å². The van der Waals surface area contributed by atoms with Crippen molar-refractivity contribution >= 4 is 52.2 Å². The molecule has 59 heavy (non-hydrogen) atoms. The van der Waals surface area contributed by atoms with Crippen LogP contribution in [0.2, 0.25) is 0 Å². The van der Waals surface area contributed by atoms with Crippen LogP contribution in [0.1, 0.15) is 95.4 Å². The van der Waals surface area contributed by atoms with E-state index >= 15 is 0 Å². The molecule has 2 saturated heterocycles. The molecule has 2 aromatic carbocycles. The fourth-order valence-electron chi connectivity index (χ4n) is 8.36. The highest BCUT2D eigenvalue weighted by Crippen LogP contribution is 2.34. The van der Waals surface area contributed by atoms with Gasteiger partial charge in [0.25, 0.3) is 0 Å². The molecule has 0 bridgehead atoms. The number of rotatable bonds is 12. The number of nitrogens with one attached hydrogen (secondary N) is 1. The van der Waals surface area contributed by atoms with Crippen molar-refractivity contribution in [3.8, 4) is 11.8 Å². The van der Waals surface area contributed by atoms with E-state index in [0.717, 1.165) is 57.7 Å². The molecule has 5 atom stereocenters. The zero-order valence-corrected chi connectivity index (χ0v) is 35.1. The average Bonchev–Trinajstić information content (AvgIpc) is 4.07. The van der Waals surface area contributed by atoms with Gasteiger partial charge in [0.2, 0.25) is 11.8 Å². The summed E-state index contributed by atoms with van der Waals surface area (Å²) in [5, 5.41) is 2.67. The number of carbonyl (C=O) groups excluding carboxylic acids is 5. The molecule has 4 aliphatic rings. The number of hydrogen-bond donors (Lipinski definition) is 1. The van der Waals surface area contributed by atoms with Crippen molar-refractivity contribution in [1.29, 1.82) is 0 Å². The van der Waals surface area contributed by atoms with Crippen LogP contribution in [0.25, 0.3) is 11.1 Å². The molecule has 0 radical (unpaired) electrons. The van der Waals surface area contributed by atoms with Crippen LogP contribution in [0.5, 0.6) is 0 Å². The Balaban J connectivity index is 1.04. The van der Waals surface area contributed by atoms with E-state index in [4.69, 9.17) is 19.5 Å². The summed E-state index contributed by atoms with van der Waals surface area (Å²) in [6, 6.07) is 14.9. The standard InChI is InChI=1S/C47H55N5O7/c1-28(2)38(24-43(54)58-6)45(55)51-20-8-9-41(51)39-21-35(25-48-39)33-16-12-31(13-17-33)10-11-32-14-18-34(19-15-32)36-22-40(49-26-36)42-23-37(30(5)53)27-52(42)46(56)44(29(3)4)50-47(57)59-7/h12-19,25-26,28-29,37-38,41-42,44H,8-9,20-24,27H2,1-7H3,(H,50,57)/t37?,38-,41-,42-,44-/m0/s1. The molecule has 3 amide bonds. The predicted octanol–water partition coefficient (Wildman–Crippen LogP) is 6.47. The number of methoxy groups -OCH3 is 2. The second-order valence-corrected chi connectivity index (χ2v) is 16.5. The molecule has 4 heterocycles. The number of hydrogen-bond acceptors (Lipinski definition) is 9. The van der Waals surface area contributed by atoms with E-state index in [1.165, 1.54) is 14.2 Å². The maximum absolute atomic E-state index is 13.8. The van der Waals surface area contributed by atoms with Gasteiger partial charge in [0.15, 0.2) is 0 Å². The van der Waals surface area contributed by atoms with Crippen LogP contribution in [-0.4, -0.2) is 96.3 Å². The van der Waals surface area contributed by atoms with Gasteiger partial charge in [-0.3, -0.25) is 29.2 Å². The third kappa shape index (κ3) is 9.90. The molecule has 12 heteroatoms. The van der Waals surface area contributed by atoms with Gasteiger partial charge in [0.05, 0.1) is 38.6 Å². The summed E-state index contributed by atoms with van der Waals surface area (Å²) in [4.78, 5) is 77.1. The molecule has 2 aromatic rings. The minimum absolute atomic E-state index is 0.000929. The van der Waals surface area contributed by atoms with E-state index in [-0.39, 0.29) is 66.4 Å². The van der Waals surface area contributed by atoms with Crippen LogP contribution >= 0.6 is 0 Å². The van der Waals surface area contributed by atoms with Gasteiger partial charge < -0.3 is 24.6 Å². The normalized spacial score (nSPS) is 20.9. The number of alkyl carbamates (subject to hydrolysis) is 1. The number of allylic oxidation sites excluding steroid dienone is 2. The van der Waals surface area contributed by atoms with E-state index < -0.39 is 18.1 Å². The molecule has 1 N–H and O–H groups in total. The van der Waals surface area contributed by atoms with Crippen molar-refractivity contribution in [2.24, 2.45) is 33.7 Å². The highest BCUT2D eigenvalue weighted by molar-refractivity contribution is 6.05. The quantitative estimate of drug-likeness (QED) is 0.191.